The summed E-state index contributed by atoms with van der Waals surface area (Å²) in [6.07, 6.45) is 9.10. The average Bonchev–Trinajstić information content (AvgIpc) is 3.46. The van der Waals surface area contributed by atoms with Crippen molar-refractivity contribution in [3.05, 3.63) is 89.5 Å². The number of rotatable bonds is 1. The van der Waals surface area contributed by atoms with Gasteiger partial charge in [-0.05, 0) is 67.8 Å². The van der Waals surface area contributed by atoms with E-state index in [-0.39, 0.29) is 0 Å². The highest BCUT2D eigenvalue weighted by molar-refractivity contribution is 7.57. The Morgan fingerprint density at radius 3 is 2.00 bits per heavy atom. The van der Waals surface area contributed by atoms with E-state index in [4.69, 9.17) is 0 Å². The minimum atomic E-state index is -1.47. The van der Waals surface area contributed by atoms with Crippen molar-refractivity contribution in [2.75, 3.05) is 0 Å². The van der Waals surface area contributed by atoms with Gasteiger partial charge in [0.2, 0.25) is 0 Å². The fourth-order valence-electron chi connectivity index (χ4n) is 6.77. The van der Waals surface area contributed by atoms with Gasteiger partial charge in [-0.1, -0.05) is 109 Å². The average molecular weight is 445 g/mol. The molecule has 0 nitrogen and oxygen atoms in total. The van der Waals surface area contributed by atoms with E-state index in [1.54, 1.807) is 43.8 Å². The van der Waals surface area contributed by atoms with Gasteiger partial charge >= 0.3 is 0 Å². The van der Waals surface area contributed by atoms with Gasteiger partial charge in [0.05, 0.1) is 15.2 Å². The quantitative estimate of drug-likeness (QED) is 0.196. The Labute approximate surface area is 192 Å². The van der Waals surface area contributed by atoms with E-state index in [0.29, 0.717) is 0 Å². The molecule has 0 amide bonds. The molecule has 0 aromatic heterocycles. The normalized spacial score (nSPS) is 18.9. The van der Waals surface area contributed by atoms with Crippen molar-refractivity contribution in [2.45, 2.75) is 39.0 Å². The Morgan fingerprint density at radius 1 is 0.688 bits per heavy atom. The molecule has 4 aromatic rings. The lowest BCUT2D eigenvalue weighted by Gasteiger charge is -2.54. The third-order valence-electron chi connectivity index (χ3n) is 9.00. The Hall–Kier alpha value is -2.69. The van der Waals surface area contributed by atoms with Crippen LogP contribution in [0.1, 0.15) is 23.1 Å². The predicted octanol–water partition coefficient (Wildman–Crippen LogP) is 6.83. The number of allylic oxidation sites excluding steroid dienone is 4. The molecule has 4 aromatic carbocycles. The maximum Gasteiger partial charge on any atom is 0.0798 e. The largest absolute Gasteiger partial charge is 0.0801 e. The van der Waals surface area contributed by atoms with Crippen LogP contribution in [0.3, 0.4) is 0 Å². The molecule has 3 aliphatic rings. The zero-order chi connectivity index (χ0) is 21.8. The van der Waals surface area contributed by atoms with Crippen LogP contribution in [0.5, 0.6) is 0 Å². The van der Waals surface area contributed by atoms with E-state index in [1.807, 2.05) is 0 Å². The number of hydrogen-bond acceptors (Lipinski definition) is 0. The Kier molecular flexibility index (Phi) is 3.54. The van der Waals surface area contributed by atoms with Crippen molar-refractivity contribution >= 4 is 52.7 Å². The van der Waals surface area contributed by atoms with Crippen LogP contribution < -0.4 is 10.4 Å². The van der Waals surface area contributed by atoms with Crippen LogP contribution in [-0.2, 0) is 6.42 Å². The second-order valence-electron chi connectivity index (χ2n) is 10.9. The molecule has 2 heteroatoms. The molecule has 0 unspecified atom stereocenters. The van der Waals surface area contributed by atoms with Gasteiger partial charge in [-0.2, -0.15) is 0 Å². The van der Waals surface area contributed by atoms with Crippen LogP contribution in [0, 0.1) is 0 Å². The lowest BCUT2D eigenvalue weighted by molar-refractivity contribution is 1.28. The van der Waals surface area contributed by atoms with Crippen molar-refractivity contribution in [3.63, 3.8) is 0 Å². The predicted molar refractivity (Wildman–Crippen MR) is 146 cm³/mol. The minimum absolute atomic E-state index is 1.07. The number of fused-ring (bicyclic) bond motifs is 10. The van der Waals surface area contributed by atoms with Crippen LogP contribution in [0.15, 0.2) is 72.8 Å². The summed E-state index contributed by atoms with van der Waals surface area (Å²) in [5.74, 6) is 0. The molecule has 0 saturated heterocycles. The first-order valence-corrected chi connectivity index (χ1v) is 18.9. The summed E-state index contributed by atoms with van der Waals surface area (Å²) in [6, 6.07) is 20.8. The van der Waals surface area contributed by atoms with Gasteiger partial charge in [0.25, 0.3) is 0 Å². The summed E-state index contributed by atoms with van der Waals surface area (Å²) in [7, 11) is -2.90. The summed E-state index contributed by atoms with van der Waals surface area (Å²) in [6.45, 7) is 10.6. The van der Waals surface area contributed by atoms with Gasteiger partial charge in [0.15, 0.2) is 0 Å². The van der Waals surface area contributed by atoms with Crippen LogP contribution in [-0.4, -0.2) is 15.2 Å². The molecule has 32 heavy (non-hydrogen) atoms. The molecule has 0 radical (unpaired) electrons. The van der Waals surface area contributed by atoms with Crippen molar-refractivity contribution < 1.29 is 0 Å². The van der Waals surface area contributed by atoms with Gasteiger partial charge in [-0.25, -0.2) is 0 Å². The van der Waals surface area contributed by atoms with Crippen molar-refractivity contribution in [3.8, 4) is 11.1 Å². The molecule has 7 rings (SSSR count). The van der Waals surface area contributed by atoms with Crippen LogP contribution in [0.25, 0.3) is 38.2 Å². The smallest absolute Gasteiger partial charge is 0.0798 e. The summed E-state index contributed by atoms with van der Waals surface area (Å²) >= 11 is 0. The summed E-state index contributed by atoms with van der Waals surface area (Å²) in [5, 5.41) is 9.30. The maximum absolute atomic E-state index is 2.66. The van der Waals surface area contributed by atoms with E-state index in [0.717, 1.165) is 12.8 Å². The molecular weight excluding hydrogens is 417 g/mol. The maximum atomic E-state index is 2.66. The Morgan fingerprint density at radius 2 is 1.31 bits per heavy atom. The number of hydrogen-bond donors (Lipinski definition) is 0. The van der Waals surface area contributed by atoms with Crippen molar-refractivity contribution in [2.24, 2.45) is 0 Å². The van der Waals surface area contributed by atoms with Crippen LogP contribution in [0.4, 0.5) is 0 Å². The molecule has 0 saturated carbocycles. The molecule has 156 valence electrons. The third kappa shape index (κ3) is 2.08. The molecular formula is C30H28Si2. The fourth-order valence-corrected chi connectivity index (χ4v) is 17.6. The highest BCUT2D eigenvalue weighted by atomic mass is 29.3. The molecule has 0 bridgehead atoms. The highest BCUT2D eigenvalue weighted by Gasteiger charge is 2.58. The fraction of sp³-hybridized carbons (Fsp3) is 0.200. The first-order valence-electron chi connectivity index (χ1n) is 11.9. The van der Waals surface area contributed by atoms with Crippen LogP contribution in [0.2, 0.25) is 26.2 Å². The SMILES string of the molecule is C[Si]1(C)c2c(C3=CC=CC3)cc3c(c2[Si]1(C)C)-c1c(c2ccccc2c2ccccc12)C3. The highest BCUT2D eigenvalue weighted by Crippen LogP contribution is 2.48. The number of benzene rings is 4. The zero-order valence-electron chi connectivity index (χ0n) is 19.3. The molecule has 0 fully saturated rings. The van der Waals surface area contributed by atoms with Crippen LogP contribution >= 0.6 is 0 Å². The molecule has 1 heterocycles. The van der Waals surface area contributed by atoms with Gasteiger partial charge in [0, 0.05) is 0 Å². The van der Waals surface area contributed by atoms with E-state index >= 15 is 0 Å². The first kappa shape index (κ1) is 18.8. The monoisotopic (exact) mass is 444 g/mol. The standard InChI is InChI=1S/C30H28Si2/c1-31(2)29-25(19-11-5-6-12-19)17-20-18-26-23-15-8-7-13-21(23)22-14-9-10-16-24(22)28(26)27(20)30(29)32(31,3)4/h5-11,13-17H,12,18H2,1-4H3. The van der Waals surface area contributed by atoms with E-state index < -0.39 is 15.2 Å². The topological polar surface area (TPSA) is 0 Å². The molecule has 0 spiro atoms. The summed E-state index contributed by atoms with van der Waals surface area (Å²) < 4.78 is 0. The third-order valence-corrected chi connectivity index (χ3v) is 26.8. The molecule has 0 N–H and O–H groups in total. The minimum Gasteiger partial charge on any atom is -0.0801 e. The van der Waals surface area contributed by atoms with Crippen molar-refractivity contribution in [1.82, 2.24) is 0 Å². The Bertz CT molecular complexity index is 1560. The summed E-state index contributed by atoms with van der Waals surface area (Å²) in [5.41, 5.74) is 9.46. The van der Waals surface area contributed by atoms with Gasteiger partial charge in [0.1, 0.15) is 0 Å². The van der Waals surface area contributed by atoms with E-state index in [1.165, 1.54) is 21.5 Å². The lowest BCUT2D eigenvalue weighted by Crippen LogP contribution is -2.86. The van der Waals surface area contributed by atoms with Gasteiger partial charge in [-0.15, -0.1) is 0 Å². The second kappa shape index (κ2) is 6.00. The lowest BCUT2D eigenvalue weighted by atomic mass is 9.91. The molecule has 0 atom stereocenters. The van der Waals surface area contributed by atoms with Crippen molar-refractivity contribution in [1.29, 1.82) is 0 Å². The van der Waals surface area contributed by atoms with Gasteiger partial charge < -0.3 is 0 Å². The van der Waals surface area contributed by atoms with E-state index in [9.17, 15) is 0 Å². The zero-order valence-corrected chi connectivity index (χ0v) is 21.3. The second-order valence-corrected chi connectivity index (χ2v) is 25.9. The first-order chi connectivity index (χ1) is 15.4. The molecule has 2 aliphatic carbocycles. The molecule has 1 aliphatic heterocycles. The Balaban J connectivity index is 1.65. The summed E-state index contributed by atoms with van der Waals surface area (Å²) in [4.78, 5) is 0. The van der Waals surface area contributed by atoms with E-state index in [2.05, 4.69) is 99.0 Å². The van der Waals surface area contributed by atoms with Gasteiger partial charge in [-0.3, -0.25) is 0 Å².